The first-order valence-electron chi connectivity index (χ1n) is 17.8. The molecule has 5 heteroatoms. The van der Waals surface area contributed by atoms with Gasteiger partial charge in [0, 0.05) is 38.7 Å². The Morgan fingerprint density at radius 2 is 1.12 bits per heavy atom. The van der Waals surface area contributed by atoms with Crippen LogP contribution in [0.15, 0.2) is 170 Å². The summed E-state index contributed by atoms with van der Waals surface area (Å²) in [5.74, 6) is 3.44. The molecule has 4 nitrogen and oxygen atoms in total. The van der Waals surface area contributed by atoms with E-state index in [0.717, 1.165) is 89.3 Å². The van der Waals surface area contributed by atoms with Gasteiger partial charge in [0.1, 0.15) is 17.2 Å². The maximum atomic E-state index is 7.07. The lowest BCUT2D eigenvalue weighted by Crippen LogP contribution is -2.57. The van der Waals surface area contributed by atoms with Crippen LogP contribution in [0.2, 0.25) is 0 Å². The van der Waals surface area contributed by atoms with E-state index in [1.54, 1.807) is 0 Å². The lowest BCUT2D eigenvalue weighted by atomic mass is 9.35. The van der Waals surface area contributed by atoms with Crippen molar-refractivity contribution >= 4 is 72.7 Å². The largest absolute Gasteiger partial charge is 0.458 e. The number of anilines is 3. The van der Waals surface area contributed by atoms with Gasteiger partial charge < -0.3 is 18.9 Å². The number of hydrogen-bond acceptors (Lipinski definition) is 3. The van der Waals surface area contributed by atoms with E-state index >= 15 is 0 Å². The van der Waals surface area contributed by atoms with Crippen molar-refractivity contribution in [2.24, 2.45) is 0 Å². The molecule has 2 aliphatic heterocycles. The molecule has 0 fully saturated rings. The van der Waals surface area contributed by atoms with E-state index < -0.39 is 0 Å². The number of rotatable bonds is 4. The van der Waals surface area contributed by atoms with Crippen molar-refractivity contribution < 1.29 is 9.47 Å². The zero-order valence-electron chi connectivity index (χ0n) is 28.5. The second kappa shape index (κ2) is 11.1. The third kappa shape index (κ3) is 4.17. The molecule has 0 aliphatic carbocycles. The number of hydrogen-bond donors (Lipinski definition) is 0. The van der Waals surface area contributed by atoms with Gasteiger partial charge in [-0.05, 0) is 83.9 Å². The summed E-state index contributed by atoms with van der Waals surface area (Å²) >= 11 is 0. The molecule has 3 heterocycles. The average molecular weight is 667 g/mol. The number of aryl methyl sites for hydroxylation is 1. The Hall–Kier alpha value is -6.72. The van der Waals surface area contributed by atoms with Crippen LogP contribution in [0, 0.1) is 6.92 Å². The summed E-state index contributed by atoms with van der Waals surface area (Å²) in [7, 11) is 0. The Balaban J connectivity index is 1.31. The predicted molar refractivity (Wildman–Crippen MR) is 215 cm³/mol. The summed E-state index contributed by atoms with van der Waals surface area (Å²) in [5, 5.41) is 4.58. The van der Waals surface area contributed by atoms with Gasteiger partial charge in [-0.3, -0.25) is 0 Å². The molecule has 2 aliphatic rings. The van der Waals surface area contributed by atoms with E-state index in [2.05, 4.69) is 186 Å². The highest BCUT2D eigenvalue weighted by Crippen LogP contribution is 2.49. The van der Waals surface area contributed by atoms with Crippen molar-refractivity contribution in [1.29, 1.82) is 0 Å². The molecule has 0 atom stereocenters. The third-order valence-corrected chi connectivity index (χ3v) is 10.7. The van der Waals surface area contributed by atoms with Crippen LogP contribution in [0.5, 0.6) is 23.0 Å². The summed E-state index contributed by atoms with van der Waals surface area (Å²) in [4.78, 5) is 2.38. The van der Waals surface area contributed by atoms with E-state index in [1.165, 1.54) is 10.9 Å². The Bertz CT molecular complexity index is 2850. The molecule has 0 spiro atoms. The van der Waals surface area contributed by atoms with Crippen LogP contribution < -0.4 is 30.8 Å². The van der Waals surface area contributed by atoms with Gasteiger partial charge in [-0.25, -0.2) is 0 Å². The highest BCUT2D eigenvalue weighted by atomic mass is 16.5. The highest BCUT2D eigenvalue weighted by molar-refractivity contribution is 6.98. The van der Waals surface area contributed by atoms with Crippen molar-refractivity contribution in [3.63, 3.8) is 0 Å². The first kappa shape index (κ1) is 29.1. The molecule has 0 unspecified atom stereocenters. The lowest BCUT2D eigenvalue weighted by Gasteiger charge is -2.33. The molecule has 0 amide bonds. The summed E-state index contributed by atoms with van der Waals surface area (Å²) in [6.45, 7) is 2.12. The van der Waals surface area contributed by atoms with Crippen molar-refractivity contribution in [3.05, 3.63) is 175 Å². The number of benzene rings is 8. The molecule has 52 heavy (non-hydrogen) atoms. The normalized spacial score (nSPS) is 12.6. The maximum Gasteiger partial charge on any atom is 0.260 e. The minimum Gasteiger partial charge on any atom is -0.458 e. The second-order valence-corrected chi connectivity index (χ2v) is 13.7. The van der Waals surface area contributed by atoms with Gasteiger partial charge in [0.15, 0.2) is 5.75 Å². The molecule has 11 rings (SSSR count). The van der Waals surface area contributed by atoms with Crippen molar-refractivity contribution in [3.8, 4) is 28.7 Å². The SMILES string of the molecule is Cc1ccc(N(c2ccccc2)c2cc3c(c4ccccc24)c2cc4c5c(c2n3-c2ccccc2)Oc2ccccc2B5c2ccccc2O4)cc1. The summed E-state index contributed by atoms with van der Waals surface area (Å²) < 4.78 is 16.3. The zero-order chi connectivity index (χ0) is 34.3. The molecule has 0 bridgehead atoms. The molecular weight excluding hydrogens is 635 g/mol. The third-order valence-electron chi connectivity index (χ3n) is 10.7. The fourth-order valence-corrected chi connectivity index (χ4v) is 8.49. The van der Waals surface area contributed by atoms with Crippen LogP contribution in [0.4, 0.5) is 17.1 Å². The quantitative estimate of drug-likeness (QED) is 0.175. The smallest absolute Gasteiger partial charge is 0.260 e. The van der Waals surface area contributed by atoms with Gasteiger partial charge in [0.05, 0.1) is 16.7 Å². The monoisotopic (exact) mass is 666 g/mol. The number of para-hydroxylation sites is 4. The number of ether oxygens (including phenoxy) is 2. The predicted octanol–water partition coefficient (Wildman–Crippen LogP) is 10.4. The van der Waals surface area contributed by atoms with Crippen LogP contribution in [-0.4, -0.2) is 11.3 Å². The number of fused-ring (bicyclic) bond motifs is 10. The molecule has 1 aromatic heterocycles. The molecular formula is C47H31BN2O2. The van der Waals surface area contributed by atoms with Gasteiger partial charge in [-0.2, -0.15) is 0 Å². The Morgan fingerprint density at radius 1 is 0.519 bits per heavy atom. The number of nitrogens with zero attached hydrogens (tertiary/aromatic N) is 2. The molecule has 0 radical (unpaired) electrons. The minimum absolute atomic E-state index is 0.0195. The topological polar surface area (TPSA) is 26.6 Å². The summed E-state index contributed by atoms with van der Waals surface area (Å²) in [6, 6.07) is 60.4. The van der Waals surface area contributed by atoms with E-state index in [-0.39, 0.29) is 6.71 Å². The van der Waals surface area contributed by atoms with Crippen LogP contribution in [-0.2, 0) is 0 Å². The summed E-state index contributed by atoms with van der Waals surface area (Å²) in [6.07, 6.45) is 0. The van der Waals surface area contributed by atoms with Gasteiger partial charge in [-0.15, -0.1) is 0 Å². The van der Waals surface area contributed by atoms with Gasteiger partial charge in [0.2, 0.25) is 0 Å². The van der Waals surface area contributed by atoms with Crippen molar-refractivity contribution in [1.82, 2.24) is 4.57 Å². The minimum atomic E-state index is -0.0195. The van der Waals surface area contributed by atoms with Crippen molar-refractivity contribution in [2.45, 2.75) is 6.92 Å². The van der Waals surface area contributed by atoms with E-state index in [1.807, 2.05) is 0 Å². The summed E-state index contributed by atoms with van der Waals surface area (Å²) in [5.41, 5.74) is 11.1. The van der Waals surface area contributed by atoms with E-state index in [4.69, 9.17) is 9.47 Å². The Labute approximate surface area is 301 Å². The van der Waals surface area contributed by atoms with E-state index in [0.29, 0.717) is 0 Å². The van der Waals surface area contributed by atoms with Crippen LogP contribution in [0.25, 0.3) is 38.3 Å². The first-order valence-corrected chi connectivity index (χ1v) is 17.8. The fraction of sp³-hybridized carbons (Fsp3) is 0.0213. The van der Waals surface area contributed by atoms with Crippen molar-refractivity contribution in [2.75, 3.05) is 4.90 Å². The Kier molecular flexibility index (Phi) is 6.23. The molecule has 244 valence electrons. The van der Waals surface area contributed by atoms with Gasteiger partial charge in [0.25, 0.3) is 6.71 Å². The highest BCUT2D eigenvalue weighted by Gasteiger charge is 2.42. The molecule has 8 aromatic carbocycles. The lowest BCUT2D eigenvalue weighted by molar-refractivity contribution is 0.467. The zero-order valence-corrected chi connectivity index (χ0v) is 28.5. The standard InChI is InChI=1S/C47H31BN2O2/c1-30-24-26-33(27-25-30)49(31-14-4-2-5-15-31)39-29-40-44(35-19-9-8-18-34(35)39)36-28-43-45-47(46(36)50(40)32-16-6-3-7-17-32)52-42-23-13-11-21-38(42)48(45)37-20-10-12-22-41(37)51-43/h2-29H,1H3. The first-order chi connectivity index (χ1) is 25.7. The molecule has 0 saturated carbocycles. The second-order valence-electron chi connectivity index (χ2n) is 13.7. The van der Waals surface area contributed by atoms with Gasteiger partial charge >= 0.3 is 0 Å². The fourth-order valence-electron chi connectivity index (χ4n) is 8.49. The van der Waals surface area contributed by atoms with Crippen LogP contribution in [0.1, 0.15) is 5.56 Å². The van der Waals surface area contributed by atoms with Gasteiger partial charge in [-0.1, -0.05) is 115 Å². The van der Waals surface area contributed by atoms with Crippen LogP contribution in [0.3, 0.4) is 0 Å². The average Bonchev–Trinajstić information content (AvgIpc) is 3.53. The van der Waals surface area contributed by atoms with E-state index in [9.17, 15) is 0 Å². The Morgan fingerprint density at radius 3 is 1.85 bits per heavy atom. The number of aromatic nitrogens is 1. The molecule has 0 saturated heterocycles. The van der Waals surface area contributed by atoms with Crippen LogP contribution >= 0.6 is 0 Å². The molecule has 0 N–H and O–H groups in total. The molecule has 9 aromatic rings. The maximum absolute atomic E-state index is 7.07.